The SMILES string of the molecule is CCOC(=O)c1sc(NC(=O)CSc2nnc(CNC(=O)c3cccc(OC)c3)n2C)c(C(=O)OCC)c1C. The normalized spacial score (nSPS) is 10.6. The van der Waals surface area contributed by atoms with Crippen LogP contribution in [0.1, 0.15) is 55.6 Å². The first-order chi connectivity index (χ1) is 18.7. The average Bonchev–Trinajstić information content (AvgIpc) is 3.44. The molecule has 2 N–H and O–H groups in total. The molecule has 14 heteroatoms. The highest BCUT2D eigenvalue weighted by molar-refractivity contribution is 7.99. The number of hydrogen-bond acceptors (Lipinski definition) is 11. The van der Waals surface area contributed by atoms with Crippen molar-refractivity contribution in [1.29, 1.82) is 0 Å². The number of methoxy groups -OCH3 is 1. The highest BCUT2D eigenvalue weighted by Gasteiger charge is 2.27. The van der Waals surface area contributed by atoms with Gasteiger partial charge in [0.15, 0.2) is 11.0 Å². The lowest BCUT2D eigenvalue weighted by Gasteiger charge is -2.08. The number of carbonyl (C=O) groups excluding carboxylic acids is 4. The number of benzene rings is 1. The molecule has 3 aromatic rings. The molecule has 0 radical (unpaired) electrons. The Kier molecular flexibility index (Phi) is 10.5. The first kappa shape index (κ1) is 29.6. The molecule has 0 aliphatic carbocycles. The molecule has 2 heterocycles. The van der Waals surface area contributed by atoms with E-state index in [0.717, 1.165) is 23.1 Å². The minimum atomic E-state index is -0.640. The van der Waals surface area contributed by atoms with Gasteiger partial charge in [0.1, 0.15) is 15.6 Å². The van der Waals surface area contributed by atoms with Crippen LogP contribution < -0.4 is 15.4 Å². The van der Waals surface area contributed by atoms with Gasteiger partial charge in [-0.15, -0.1) is 21.5 Å². The summed E-state index contributed by atoms with van der Waals surface area (Å²) in [4.78, 5) is 50.3. The second kappa shape index (κ2) is 13.8. The summed E-state index contributed by atoms with van der Waals surface area (Å²) in [5.74, 6) is -0.913. The van der Waals surface area contributed by atoms with E-state index in [1.54, 1.807) is 56.7 Å². The number of nitrogens with one attached hydrogen (secondary N) is 2. The molecule has 0 atom stereocenters. The zero-order valence-corrected chi connectivity index (χ0v) is 23.8. The van der Waals surface area contributed by atoms with Crippen LogP contribution in [-0.4, -0.2) is 64.6 Å². The fourth-order valence-corrected chi connectivity index (χ4v) is 5.22. The van der Waals surface area contributed by atoms with Crippen LogP contribution in [0.3, 0.4) is 0 Å². The molecule has 1 aromatic carbocycles. The van der Waals surface area contributed by atoms with E-state index in [0.29, 0.717) is 27.9 Å². The maximum Gasteiger partial charge on any atom is 0.348 e. The van der Waals surface area contributed by atoms with Crippen molar-refractivity contribution in [2.75, 3.05) is 31.4 Å². The van der Waals surface area contributed by atoms with E-state index in [1.807, 2.05) is 0 Å². The standard InChI is InChI=1S/C25H29N5O7S2/c1-6-36-23(33)19-14(3)20(24(34)37-7-2)39-22(19)27-18(31)13-38-25-29-28-17(30(25)4)12-26-21(32)15-9-8-10-16(11-15)35-5/h8-11H,6-7,12-13H2,1-5H3,(H,26,32)(H,27,31). The van der Waals surface area contributed by atoms with Crippen molar-refractivity contribution in [3.8, 4) is 5.75 Å². The lowest BCUT2D eigenvalue weighted by molar-refractivity contribution is -0.113. The van der Waals surface area contributed by atoms with Crippen molar-refractivity contribution in [2.24, 2.45) is 7.05 Å². The number of aromatic nitrogens is 3. The van der Waals surface area contributed by atoms with Gasteiger partial charge in [0.2, 0.25) is 5.91 Å². The van der Waals surface area contributed by atoms with Gasteiger partial charge in [0.25, 0.3) is 5.91 Å². The average molecular weight is 576 g/mol. The van der Waals surface area contributed by atoms with E-state index in [9.17, 15) is 19.2 Å². The fraction of sp³-hybridized carbons (Fsp3) is 0.360. The van der Waals surface area contributed by atoms with Crippen LogP contribution in [0.2, 0.25) is 0 Å². The van der Waals surface area contributed by atoms with Crippen molar-refractivity contribution in [2.45, 2.75) is 32.5 Å². The Morgan fingerprint density at radius 3 is 2.49 bits per heavy atom. The molecule has 0 spiro atoms. The number of thioether (sulfide) groups is 1. The lowest BCUT2D eigenvalue weighted by Crippen LogP contribution is -2.24. The van der Waals surface area contributed by atoms with E-state index in [1.165, 1.54) is 7.11 Å². The maximum atomic E-state index is 12.8. The van der Waals surface area contributed by atoms with Gasteiger partial charge < -0.3 is 29.4 Å². The van der Waals surface area contributed by atoms with E-state index in [2.05, 4.69) is 20.8 Å². The quantitative estimate of drug-likeness (QED) is 0.243. The molecule has 3 rings (SSSR count). The molecule has 208 valence electrons. The predicted octanol–water partition coefficient (Wildman–Crippen LogP) is 3.21. The Hall–Kier alpha value is -3.91. The number of nitrogens with zero attached hydrogens (tertiary/aromatic N) is 3. The van der Waals surface area contributed by atoms with Crippen molar-refractivity contribution < 1.29 is 33.4 Å². The third-order valence-electron chi connectivity index (χ3n) is 5.34. The monoisotopic (exact) mass is 575 g/mol. The number of thiophene rings is 1. The number of ether oxygens (including phenoxy) is 3. The van der Waals surface area contributed by atoms with Crippen LogP contribution >= 0.6 is 23.1 Å². The second-order valence-electron chi connectivity index (χ2n) is 7.91. The van der Waals surface area contributed by atoms with Gasteiger partial charge in [-0.3, -0.25) is 9.59 Å². The first-order valence-electron chi connectivity index (χ1n) is 11.9. The van der Waals surface area contributed by atoms with Crippen LogP contribution in [0.4, 0.5) is 5.00 Å². The van der Waals surface area contributed by atoms with Crippen molar-refractivity contribution in [3.05, 3.63) is 51.7 Å². The summed E-state index contributed by atoms with van der Waals surface area (Å²) in [7, 11) is 3.25. The molecule has 2 aromatic heterocycles. The Labute approximate surface area is 233 Å². The summed E-state index contributed by atoms with van der Waals surface area (Å²) >= 11 is 2.08. The lowest BCUT2D eigenvalue weighted by atomic mass is 10.1. The zero-order chi connectivity index (χ0) is 28.5. The van der Waals surface area contributed by atoms with E-state index < -0.39 is 17.8 Å². The fourth-order valence-electron chi connectivity index (χ4n) is 3.39. The van der Waals surface area contributed by atoms with Crippen LogP contribution in [-0.2, 0) is 27.9 Å². The van der Waals surface area contributed by atoms with Crippen LogP contribution in [0.25, 0.3) is 0 Å². The van der Waals surface area contributed by atoms with Crippen LogP contribution in [0, 0.1) is 6.92 Å². The van der Waals surface area contributed by atoms with Crippen molar-refractivity contribution >= 4 is 51.9 Å². The van der Waals surface area contributed by atoms with Crippen LogP contribution in [0.15, 0.2) is 29.4 Å². The third-order valence-corrected chi connectivity index (χ3v) is 7.54. The molecule has 0 unspecified atom stereocenters. The maximum absolute atomic E-state index is 12.8. The van der Waals surface area contributed by atoms with Gasteiger partial charge in [-0.05, 0) is 44.5 Å². The summed E-state index contributed by atoms with van der Waals surface area (Å²) < 4.78 is 17.0. The summed E-state index contributed by atoms with van der Waals surface area (Å²) in [6, 6.07) is 6.77. The molecule has 0 fully saturated rings. The summed E-state index contributed by atoms with van der Waals surface area (Å²) in [6.07, 6.45) is 0. The second-order valence-corrected chi connectivity index (χ2v) is 9.87. The first-order valence-corrected chi connectivity index (χ1v) is 13.7. The molecule has 0 saturated heterocycles. The van der Waals surface area contributed by atoms with Gasteiger partial charge in [0.05, 0.1) is 38.2 Å². The Bertz CT molecular complexity index is 1370. The Balaban J connectivity index is 1.64. The van der Waals surface area contributed by atoms with E-state index in [4.69, 9.17) is 14.2 Å². The minimum absolute atomic E-state index is 0.0455. The van der Waals surface area contributed by atoms with Crippen molar-refractivity contribution in [3.63, 3.8) is 0 Å². The molecule has 2 amide bonds. The molecule has 0 saturated carbocycles. The molecule has 0 bridgehead atoms. The molecule has 12 nitrogen and oxygen atoms in total. The molecule has 39 heavy (non-hydrogen) atoms. The highest BCUT2D eigenvalue weighted by atomic mass is 32.2. The molecule has 0 aliphatic rings. The Morgan fingerprint density at radius 1 is 1.08 bits per heavy atom. The van der Waals surface area contributed by atoms with E-state index >= 15 is 0 Å². The number of rotatable bonds is 12. The summed E-state index contributed by atoms with van der Waals surface area (Å²) in [6.45, 7) is 5.39. The number of anilines is 1. The molecular formula is C25H29N5O7S2. The van der Waals surface area contributed by atoms with Gasteiger partial charge in [-0.1, -0.05) is 17.8 Å². The Morgan fingerprint density at radius 2 is 1.79 bits per heavy atom. The van der Waals surface area contributed by atoms with Crippen LogP contribution in [0.5, 0.6) is 5.75 Å². The molecular weight excluding hydrogens is 546 g/mol. The summed E-state index contributed by atoms with van der Waals surface area (Å²) in [5.41, 5.74) is 0.949. The van der Waals surface area contributed by atoms with Gasteiger partial charge >= 0.3 is 11.9 Å². The van der Waals surface area contributed by atoms with Gasteiger partial charge in [-0.25, -0.2) is 9.59 Å². The molecule has 0 aliphatic heterocycles. The topological polar surface area (TPSA) is 151 Å². The van der Waals surface area contributed by atoms with Gasteiger partial charge in [0, 0.05) is 12.6 Å². The number of carbonyl (C=O) groups is 4. The van der Waals surface area contributed by atoms with Gasteiger partial charge in [-0.2, -0.15) is 0 Å². The largest absolute Gasteiger partial charge is 0.497 e. The predicted molar refractivity (Wildman–Crippen MR) is 145 cm³/mol. The zero-order valence-electron chi connectivity index (χ0n) is 22.2. The van der Waals surface area contributed by atoms with E-state index in [-0.39, 0.29) is 46.9 Å². The number of esters is 2. The summed E-state index contributed by atoms with van der Waals surface area (Å²) in [5, 5.41) is 14.3. The minimum Gasteiger partial charge on any atom is -0.497 e. The highest BCUT2D eigenvalue weighted by Crippen LogP contribution is 2.34. The third kappa shape index (κ3) is 7.35. The number of amides is 2. The smallest absolute Gasteiger partial charge is 0.348 e. The van der Waals surface area contributed by atoms with Crippen molar-refractivity contribution in [1.82, 2.24) is 20.1 Å². The number of hydrogen-bond donors (Lipinski definition) is 2.